The van der Waals surface area contributed by atoms with Crippen molar-refractivity contribution in [1.29, 1.82) is 0 Å². The van der Waals surface area contributed by atoms with Crippen molar-refractivity contribution in [3.63, 3.8) is 0 Å². The minimum atomic E-state index is -0.899. The first kappa shape index (κ1) is 9.17. The van der Waals surface area contributed by atoms with Crippen LogP contribution in [0.3, 0.4) is 0 Å². The predicted octanol–water partition coefficient (Wildman–Crippen LogP) is 0.755. The van der Waals surface area contributed by atoms with Crippen LogP contribution in [0.15, 0.2) is 11.6 Å². The van der Waals surface area contributed by atoms with E-state index < -0.39 is 5.97 Å². The molecule has 10 heavy (non-hydrogen) atoms. The van der Waals surface area contributed by atoms with Crippen molar-refractivity contribution in [3.8, 4) is 0 Å². The monoisotopic (exact) mass is 143 g/mol. The first-order valence-corrected chi connectivity index (χ1v) is 3.25. The van der Waals surface area contributed by atoms with E-state index in [1.807, 2.05) is 6.92 Å². The predicted molar refractivity (Wildman–Crippen MR) is 39.7 cm³/mol. The molecule has 0 saturated heterocycles. The van der Waals surface area contributed by atoms with Gasteiger partial charge in [0.15, 0.2) is 0 Å². The fraction of sp³-hybridized carbons (Fsp3) is 0.571. The van der Waals surface area contributed by atoms with Crippen LogP contribution >= 0.6 is 0 Å². The van der Waals surface area contributed by atoms with Crippen LogP contribution < -0.4 is 5.73 Å². The van der Waals surface area contributed by atoms with Crippen LogP contribution in [0.2, 0.25) is 0 Å². The van der Waals surface area contributed by atoms with Gasteiger partial charge in [-0.3, -0.25) is 0 Å². The van der Waals surface area contributed by atoms with Crippen molar-refractivity contribution < 1.29 is 9.90 Å². The lowest BCUT2D eigenvalue weighted by atomic mass is 10.1. The van der Waals surface area contributed by atoms with Gasteiger partial charge < -0.3 is 10.8 Å². The summed E-state index contributed by atoms with van der Waals surface area (Å²) in [5.41, 5.74) is 5.79. The number of carboxylic acids is 1. The van der Waals surface area contributed by atoms with Gasteiger partial charge in [-0.15, -0.1) is 0 Å². The number of rotatable bonds is 3. The van der Waals surface area contributed by atoms with E-state index >= 15 is 0 Å². The maximum Gasteiger partial charge on any atom is 0.331 e. The number of carbonyl (C=O) groups is 1. The van der Waals surface area contributed by atoms with Gasteiger partial charge in [0.25, 0.3) is 0 Å². The SMILES string of the molecule is CCC(N)C=C(C)C(=O)O. The molecule has 0 aromatic carbocycles. The van der Waals surface area contributed by atoms with Gasteiger partial charge in [-0.2, -0.15) is 0 Å². The van der Waals surface area contributed by atoms with E-state index in [1.165, 1.54) is 6.92 Å². The Morgan fingerprint density at radius 3 is 2.60 bits per heavy atom. The molecule has 0 aliphatic carbocycles. The van der Waals surface area contributed by atoms with Crippen LogP contribution in [0.1, 0.15) is 20.3 Å². The summed E-state index contributed by atoms with van der Waals surface area (Å²) < 4.78 is 0. The van der Waals surface area contributed by atoms with Crippen molar-refractivity contribution in [3.05, 3.63) is 11.6 Å². The van der Waals surface area contributed by atoms with E-state index in [0.29, 0.717) is 5.57 Å². The first-order valence-electron chi connectivity index (χ1n) is 3.25. The van der Waals surface area contributed by atoms with E-state index in [9.17, 15) is 4.79 Å². The van der Waals surface area contributed by atoms with Gasteiger partial charge in [0.2, 0.25) is 0 Å². The number of carboxylic acid groups (broad SMARTS) is 1. The summed E-state index contributed by atoms with van der Waals surface area (Å²) >= 11 is 0. The second-order valence-electron chi connectivity index (χ2n) is 2.23. The summed E-state index contributed by atoms with van der Waals surface area (Å²) in [6.07, 6.45) is 2.33. The molecule has 0 aliphatic rings. The zero-order valence-electron chi connectivity index (χ0n) is 6.29. The van der Waals surface area contributed by atoms with Crippen molar-refractivity contribution >= 4 is 5.97 Å². The van der Waals surface area contributed by atoms with Gasteiger partial charge in [-0.1, -0.05) is 13.0 Å². The summed E-state index contributed by atoms with van der Waals surface area (Å²) in [7, 11) is 0. The van der Waals surface area contributed by atoms with E-state index in [0.717, 1.165) is 6.42 Å². The average molecular weight is 143 g/mol. The van der Waals surface area contributed by atoms with E-state index in [1.54, 1.807) is 6.08 Å². The molecule has 3 heteroatoms. The molecule has 0 aromatic heterocycles. The van der Waals surface area contributed by atoms with Crippen LogP contribution in [0.25, 0.3) is 0 Å². The van der Waals surface area contributed by atoms with Gasteiger partial charge in [0, 0.05) is 11.6 Å². The molecule has 3 N–H and O–H groups in total. The number of hydrogen-bond donors (Lipinski definition) is 2. The zero-order chi connectivity index (χ0) is 8.15. The number of nitrogens with two attached hydrogens (primary N) is 1. The van der Waals surface area contributed by atoms with Gasteiger partial charge >= 0.3 is 5.97 Å². The number of aliphatic carboxylic acids is 1. The Bertz CT molecular complexity index is 152. The summed E-state index contributed by atoms with van der Waals surface area (Å²) in [6.45, 7) is 3.45. The molecule has 0 spiro atoms. The summed E-state index contributed by atoms with van der Waals surface area (Å²) in [5, 5.41) is 8.40. The average Bonchev–Trinajstić information content (AvgIpc) is 1.87. The largest absolute Gasteiger partial charge is 0.478 e. The Morgan fingerprint density at radius 2 is 2.30 bits per heavy atom. The van der Waals surface area contributed by atoms with Crippen molar-refractivity contribution in [2.24, 2.45) is 5.73 Å². The summed E-state index contributed by atoms with van der Waals surface area (Å²) in [5.74, 6) is -0.899. The molecule has 0 amide bonds. The van der Waals surface area contributed by atoms with Crippen LogP contribution in [0.5, 0.6) is 0 Å². The normalized spacial score (nSPS) is 14.9. The molecule has 0 aliphatic heterocycles. The Kier molecular flexibility index (Phi) is 3.72. The quantitative estimate of drug-likeness (QED) is 0.573. The van der Waals surface area contributed by atoms with E-state index in [-0.39, 0.29) is 6.04 Å². The Labute approximate surface area is 60.5 Å². The summed E-state index contributed by atoms with van der Waals surface area (Å²) in [6, 6.07) is -0.129. The Balaban J connectivity index is 4.02. The molecular weight excluding hydrogens is 130 g/mol. The smallest absolute Gasteiger partial charge is 0.331 e. The van der Waals surface area contributed by atoms with Crippen LogP contribution in [0.4, 0.5) is 0 Å². The lowest BCUT2D eigenvalue weighted by Gasteiger charge is -2.01. The van der Waals surface area contributed by atoms with E-state index in [4.69, 9.17) is 10.8 Å². The molecule has 0 radical (unpaired) electrons. The molecule has 0 heterocycles. The van der Waals surface area contributed by atoms with Gasteiger partial charge in [0.05, 0.1) is 0 Å². The maximum atomic E-state index is 10.2. The maximum absolute atomic E-state index is 10.2. The molecular formula is C7H13NO2. The Morgan fingerprint density at radius 1 is 1.80 bits per heavy atom. The molecule has 1 atom stereocenters. The molecule has 0 saturated carbocycles. The fourth-order valence-electron chi connectivity index (χ4n) is 0.510. The van der Waals surface area contributed by atoms with Gasteiger partial charge in [0.1, 0.15) is 0 Å². The highest BCUT2D eigenvalue weighted by molar-refractivity contribution is 5.85. The Hall–Kier alpha value is -0.830. The standard InChI is InChI=1S/C7H13NO2/c1-3-6(8)4-5(2)7(9)10/h4,6H,3,8H2,1-2H3,(H,9,10). The lowest BCUT2D eigenvalue weighted by molar-refractivity contribution is -0.132. The first-order chi connectivity index (χ1) is 4.57. The molecule has 0 bridgehead atoms. The molecule has 58 valence electrons. The zero-order valence-corrected chi connectivity index (χ0v) is 6.29. The van der Waals surface area contributed by atoms with Crippen molar-refractivity contribution in [2.75, 3.05) is 0 Å². The molecule has 3 nitrogen and oxygen atoms in total. The van der Waals surface area contributed by atoms with Crippen LogP contribution in [0, 0.1) is 0 Å². The highest BCUT2D eigenvalue weighted by Gasteiger charge is 2.01. The molecule has 0 aromatic rings. The van der Waals surface area contributed by atoms with E-state index in [2.05, 4.69) is 0 Å². The topological polar surface area (TPSA) is 63.3 Å². The van der Waals surface area contributed by atoms with Gasteiger partial charge in [-0.25, -0.2) is 4.79 Å². The van der Waals surface area contributed by atoms with Crippen molar-refractivity contribution in [1.82, 2.24) is 0 Å². The van der Waals surface area contributed by atoms with Gasteiger partial charge in [-0.05, 0) is 13.3 Å². The number of hydrogen-bond acceptors (Lipinski definition) is 2. The minimum absolute atomic E-state index is 0.129. The molecule has 0 rings (SSSR count). The fourth-order valence-corrected chi connectivity index (χ4v) is 0.510. The van der Waals surface area contributed by atoms with Crippen LogP contribution in [-0.2, 0) is 4.79 Å². The van der Waals surface area contributed by atoms with Crippen LogP contribution in [-0.4, -0.2) is 17.1 Å². The second kappa shape index (κ2) is 4.06. The highest BCUT2D eigenvalue weighted by Crippen LogP contribution is 1.96. The molecule has 1 unspecified atom stereocenters. The third-order valence-electron chi connectivity index (χ3n) is 1.27. The van der Waals surface area contributed by atoms with Crippen molar-refractivity contribution in [2.45, 2.75) is 26.3 Å². The minimum Gasteiger partial charge on any atom is -0.478 e. The highest BCUT2D eigenvalue weighted by atomic mass is 16.4. The second-order valence-corrected chi connectivity index (χ2v) is 2.23. The third-order valence-corrected chi connectivity index (χ3v) is 1.27. The molecule has 0 fully saturated rings. The lowest BCUT2D eigenvalue weighted by Crippen LogP contribution is -2.16. The summed E-state index contributed by atoms with van der Waals surface area (Å²) in [4.78, 5) is 10.2. The third kappa shape index (κ3) is 3.25.